The fourth-order valence-electron chi connectivity index (χ4n) is 1.81. The van der Waals surface area contributed by atoms with Gasteiger partial charge in [0.05, 0.1) is 6.61 Å². The molecule has 0 rings (SSSR count). The molecule has 0 saturated carbocycles. The summed E-state index contributed by atoms with van der Waals surface area (Å²) < 4.78 is 10.3. The van der Waals surface area contributed by atoms with Gasteiger partial charge in [0.2, 0.25) is 5.91 Å². The van der Waals surface area contributed by atoms with Gasteiger partial charge in [-0.15, -0.1) is 0 Å². The zero-order valence-electron chi connectivity index (χ0n) is 14.5. The van der Waals surface area contributed by atoms with Gasteiger partial charge in [0.25, 0.3) is 0 Å². The average Bonchev–Trinajstić information content (AvgIpc) is 2.37. The van der Waals surface area contributed by atoms with E-state index < -0.39 is 11.7 Å². The second-order valence-corrected chi connectivity index (χ2v) is 6.16. The molecule has 7 nitrogen and oxygen atoms in total. The lowest BCUT2D eigenvalue weighted by Crippen LogP contribution is -2.39. The van der Waals surface area contributed by atoms with E-state index in [4.69, 9.17) is 9.47 Å². The van der Waals surface area contributed by atoms with E-state index in [1.54, 1.807) is 7.11 Å². The standard InChI is InChI=1S/C15H31N3O4/c1-12(19)16-9-10-17-13(11-21-5)7-6-8-18-14(20)22-15(2,3)4/h13,17H,6-11H2,1-5H3,(H,16,19)(H,18,20). The van der Waals surface area contributed by atoms with Crippen molar-refractivity contribution in [3.63, 3.8) is 0 Å². The normalized spacial score (nSPS) is 12.6. The number of carbonyl (C=O) groups excluding carboxylic acids is 2. The molecule has 0 saturated heterocycles. The highest BCUT2D eigenvalue weighted by atomic mass is 16.6. The van der Waals surface area contributed by atoms with E-state index in [0.717, 1.165) is 12.8 Å². The monoisotopic (exact) mass is 317 g/mol. The molecule has 22 heavy (non-hydrogen) atoms. The Kier molecular flexibility index (Phi) is 10.6. The van der Waals surface area contributed by atoms with Crippen LogP contribution in [0.4, 0.5) is 4.79 Å². The Balaban J connectivity index is 3.81. The maximum atomic E-state index is 11.5. The number of alkyl carbamates (subject to hydrolysis) is 1. The van der Waals surface area contributed by atoms with Gasteiger partial charge in [-0.05, 0) is 33.6 Å². The van der Waals surface area contributed by atoms with E-state index in [1.807, 2.05) is 20.8 Å². The Bertz CT molecular complexity index is 329. The minimum atomic E-state index is -0.478. The molecule has 0 aromatic heterocycles. The van der Waals surface area contributed by atoms with Crippen LogP contribution in [-0.4, -0.2) is 57.0 Å². The maximum Gasteiger partial charge on any atom is 0.407 e. The molecule has 1 unspecified atom stereocenters. The second kappa shape index (κ2) is 11.3. The largest absolute Gasteiger partial charge is 0.444 e. The van der Waals surface area contributed by atoms with Gasteiger partial charge in [-0.2, -0.15) is 0 Å². The summed E-state index contributed by atoms with van der Waals surface area (Å²) in [5, 5.41) is 8.78. The first-order valence-corrected chi connectivity index (χ1v) is 7.68. The summed E-state index contributed by atoms with van der Waals surface area (Å²) >= 11 is 0. The number of rotatable bonds is 10. The quantitative estimate of drug-likeness (QED) is 0.524. The van der Waals surface area contributed by atoms with Crippen LogP contribution in [0.3, 0.4) is 0 Å². The van der Waals surface area contributed by atoms with Gasteiger partial charge in [-0.25, -0.2) is 4.79 Å². The minimum Gasteiger partial charge on any atom is -0.444 e. The lowest BCUT2D eigenvalue weighted by atomic mass is 10.1. The molecule has 0 fully saturated rings. The summed E-state index contributed by atoms with van der Waals surface area (Å²) in [5.74, 6) is -0.0355. The Morgan fingerprint density at radius 1 is 1.09 bits per heavy atom. The van der Waals surface area contributed by atoms with Crippen molar-refractivity contribution in [1.29, 1.82) is 0 Å². The molecule has 0 aliphatic carbocycles. The third-order valence-corrected chi connectivity index (χ3v) is 2.70. The third kappa shape index (κ3) is 13.6. The number of carbonyl (C=O) groups is 2. The summed E-state index contributed by atoms with van der Waals surface area (Å²) in [7, 11) is 1.65. The van der Waals surface area contributed by atoms with Crippen molar-refractivity contribution in [2.45, 2.75) is 52.2 Å². The number of amides is 2. The van der Waals surface area contributed by atoms with E-state index in [-0.39, 0.29) is 11.9 Å². The van der Waals surface area contributed by atoms with Gasteiger partial charge in [0.15, 0.2) is 0 Å². The fraction of sp³-hybridized carbons (Fsp3) is 0.867. The van der Waals surface area contributed by atoms with Crippen LogP contribution in [0, 0.1) is 0 Å². The molecule has 130 valence electrons. The topological polar surface area (TPSA) is 88.7 Å². The molecule has 0 aromatic carbocycles. The first kappa shape index (κ1) is 20.7. The molecule has 3 N–H and O–H groups in total. The fourth-order valence-corrected chi connectivity index (χ4v) is 1.81. The molecule has 0 radical (unpaired) electrons. The van der Waals surface area contributed by atoms with Crippen molar-refractivity contribution < 1.29 is 19.1 Å². The Morgan fingerprint density at radius 3 is 2.32 bits per heavy atom. The van der Waals surface area contributed by atoms with E-state index in [9.17, 15) is 9.59 Å². The van der Waals surface area contributed by atoms with Gasteiger partial charge in [-0.3, -0.25) is 4.79 Å². The number of hydrogen-bond donors (Lipinski definition) is 3. The first-order chi connectivity index (χ1) is 10.2. The van der Waals surface area contributed by atoms with Gasteiger partial charge in [0, 0.05) is 39.7 Å². The average molecular weight is 317 g/mol. The zero-order chi connectivity index (χ0) is 17.0. The van der Waals surface area contributed by atoms with Crippen molar-refractivity contribution >= 4 is 12.0 Å². The zero-order valence-corrected chi connectivity index (χ0v) is 14.5. The van der Waals surface area contributed by atoms with Crippen LogP contribution in [-0.2, 0) is 14.3 Å². The molecule has 0 aliphatic rings. The van der Waals surface area contributed by atoms with Gasteiger partial charge < -0.3 is 25.4 Å². The molecular weight excluding hydrogens is 286 g/mol. The smallest absolute Gasteiger partial charge is 0.407 e. The molecule has 0 heterocycles. The lowest BCUT2D eigenvalue weighted by Gasteiger charge is -2.20. The summed E-state index contributed by atoms with van der Waals surface area (Å²) in [6.45, 7) is 9.42. The molecule has 7 heteroatoms. The van der Waals surface area contributed by atoms with E-state index >= 15 is 0 Å². The number of hydrogen-bond acceptors (Lipinski definition) is 5. The van der Waals surface area contributed by atoms with Crippen molar-refractivity contribution in [2.24, 2.45) is 0 Å². The minimum absolute atomic E-state index is 0.0355. The van der Waals surface area contributed by atoms with Gasteiger partial charge >= 0.3 is 6.09 Å². The van der Waals surface area contributed by atoms with E-state index in [1.165, 1.54) is 6.92 Å². The molecule has 1 atom stereocenters. The summed E-state index contributed by atoms with van der Waals surface area (Å²) in [4.78, 5) is 22.3. The number of ether oxygens (including phenoxy) is 2. The van der Waals surface area contributed by atoms with E-state index in [0.29, 0.717) is 26.2 Å². The second-order valence-electron chi connectivity index (χ2n) is 6.16. The van der Waals surface area contributed by atoms with Crippen LogP contribution in [0.2, 0.25) is 0 Å². The lowest BCUT2D eigenvalue weighted by molar-refractivity contribution is -0.118. The van der Waals surface area contributed by atoms with Crippen LogP contribution in [0.1, 0.15) is 40.5 Å². The van der Waals surface area contributed by atoms with Crippen molar-refractivity contribution in [3.8, 4) is 0 Å². The molecule has 0 aromatic rings. The van der Waals surface area contributed by atoms with Crippen molar-refractivity contribution in [2.75, 3.05) is 33.4 Å². The SMILES string of the molecule is COCC(CCCNC(=O)OC(C)(C)C)NCCNC(C)=O. The first-order valence-electron chi connectivity index (χ1n) is 7.68. The molecular formula is C15H31N3O4. The van der Waals surface area contributed by atoms with Crippen molar-refractivity contribution in [3.05, 3.63) is 0 Å². The van der Waals surface area contributed by atoms with Crippen LogP contribution < -0.4 is 16.0 Å². The van der Waals surface area contributed by atoms with Crippen molar-refractivity contribution in [1.82, 2.24) is 16.0 Å². The van der Waals surface area contributed by atoms with E-state index in [2.05, 4.69) is 16.0 Å². The number of methoxy groups -OCH3 is 1. The Hall–Kier alpha value is -1.34. The van der Waals surface area contributed by atoms with Crippen LogP contribution >= 0.6 is 0 Å². The predicted molar refractivity (Wildman–Crippen MR) is 85.8 cm³/mol. The molecule has 2 amide bonds. The Morgan fingerprint density at radius 2 is 1.77 bits per heavy atom. The molecule has 0 bridgehead atoms. The Labute approximate surface area is 133 Å². The summed E-state index contributed by atoms with van der Waals surface area (Å²) in [5.41, 5.74) is -0.478. The highest BCUT2D eigenvalue weighted by Crippen LogP contribution is 2.06. The van der Waals surface area contributed by atoms with Gasteiger partial charge in [0.1, 0.15) is 5.60 Å². The van der Waals surface area contributed by atoms with Gasteiger partial charge in [-0.1, -0.05) is 0 Å². The van der Waals surface area contributed by atoms with Crippen LogP contribution in [0.5, 0.6) is 0 Å². The maximum absolute atomic E-state index is 11.5. The third-order valence-electron chi connectivity index (χ3n) is 2.70. The number of nitrogens with one attached hydrogen (secondary N) is 3. The van der Waals surface area contributed by atoms with Crippen LogP contribution in [0.25, 0.3) is 0 Å². The predicted octanol–water partition coefficient (Wildman–Crippen LogP) is 1.03. The van der Waals surface area contributed by atoms with Crippen LogP contribution in [0.15, 0.2) is 0 Å². The summed E-state index contributed by atoms with van der Waals surface area (Å²) in [6, 6.07) is 0.194. The highest BCUT2D eigenvalue weighted by Gasteiger charge is 2.15. The summed E-state index contributed by atoms with van der Waals surface area (Å²) in [6.07, 6.45) is 1.29. The molecule has 0 spiro atoms. The highest BCUT2D eigenvalue weighted by molar-refractivity contribution is 5.72. The molecule has 0 aliphatic heterocycles.